The molecule has 0 saturated heterocycles. The number of amides is 1. The Morgan fingerprint density at radius 3 is 2.29 bits per heavy atom. The largest absolute Gasteiger partial charge is 0.497 e. The smallest absolute Gasteiger partial charge is 0.261 e. The highest BCUT2D eigenvalue weighted by atomic mass is 32.2. The first-order valence-corrected chi connectivity index (χ1v) is 13.3. The molecule has 1 amide bonds. The van der Waals surface area contributed by atoms with Crippen molar-refractivity contribution in [2.75, 3.05) is 44.3 Å². The number of anilines is 2. The summed E-state index contributed by atoms with van der Waals surface area (Å²) in [5.41, 5.74) is 1.37. The van der Waals surface area contributed by atoms with Crippen LogP contribution in [0.1, 0.15) is 48.9 Å². The van der Waals surface area contributed by atoms with Gasteiger partial charge < -0.3 is 20.3 Å². The van der Waals surface area contributed by atoms with Crippen molar-refractivity contribution in [1.29, 1.82) is 0 Å². The topological polar surface area (TPSA) is 99.8 Å². The number of benzene rings is 2. The van der Waals surface area contributed by atoms with Crippen LogP contribution in [0.15, 0.2) is 47.4 Å². The van der Waals surface area contributed by atoms with Gasteiger partial charge in [-0.3, -0.25) is 9.52 Å². The van der Waals surface area contributed by atoms with E-state index < -0.39 is 10.0 Å². The van der Waals surface area contributed by atoms with Crippen molar-refractivity contribution >= 4 is 27.3 Å². The predicted molar refractivity (Wildman–Crippen MR) is 136 cm³/mol. The van der Waals surface area contributed by atoms with E-state index in [1.807, 2.05) is 19.0 Å². The molecule has 186 valence electrons. The highest BCUT2D eigenvalue weighted by Crippen LogP contribution is 2.26. The Morgan fingerprint density at radius 2 is 1.68 bits per heavy atom. The molecular formula is C25H36N4O4S. The number of carbonyl (C=O) groups excluding carboxylic acids is 1. The second kappa shape index (κ2) is 12.1. The molecule has 0 unspecified atom stereocenters. The molecule has 0 aliphatic heterocycles. The summed E-state index contributed by atoms with van der Waals surface area (Å²) in [6, 6.07) is 11.7. The van der Waals surface area contributed by atoms with Gasteiger partial charge in [0.05, 0.1) is 12.0 Å². The molecule has 0 bridgehead atoms. The van der Waals surface area contributed by atoms with Crippen molar-refractivity contribution in [3.63, 3.8) is 0 Å². The van der Waals surface area contributed by atoms with Crippen LogP contribution < -0.4 is 20.1 Å². The average molecular weight is 489 g/mol. The summed E-state index contributed by atoms with van der Waals surface area (Å²) < 4.78 is 34.2. The van der Waals surface area contributed by atoms with E-state index in [4.69, 9.17) is 4.74 Å². The van der Waals surface area contributed by atoms with Crippen molar-refractivity contribution in [1.82, 2.24) is 10.2 Å². The van der Waals surface area contributed by atoms with E-state index in [0.29, 0.717) is 35.8 Å². The highest BCUT2D eigenvalue weighted by molar-refractivity contribution is 7.92. The number of methoxy groups -OCH3 is 1. The van der Waals surface area contributed by atoms with Crippen molar-refractivity contribution in [2.45, 2.75) is 49.5 Å². The van der Waals surface area contributed by atoms with Crippen molar-refractivity contribution in [3.05, 3.63) is 48.0 Å². The van der Waals surface area contributed by atoms with Crippen LogP contribution in [-0.4, -0.2) is 59.6 Å². The Morgan fingerprint density at radius 1 is 1.00 bits per heavy atom. The summed E-state index contributed by atoms with van der Waals surface area (Å²) in [4.78, 5) is 14.9. The van der Waals surface area contributed by atoms with Crippen LogP contribution in [0.5, 0.6) is 5.75 Å². The van der Waals surface area contributed by atoms with E-state index in [0.717, 1.165) is 25.7 Å². The molecule has 9 heteroatoms. The molecule has 0 aromatic heterocycles. The number of ether oxygens (including phenoxy) is 1. The maximum Gasteiger partial charge on any atom is 0.261 e. The van der Waals surface area contributed by atoms with Crippen LogP contribution in [0.2, 0.25) is 0 Å². The zero-order valence-electron chi connectivity index (χ0n) is 20.3. The van der Waals surface area contributed by atoms with Crippen molar-refractivity contribution < 1.29 is 17.9 Å². The molecule has 1 fully saturated rings. The van der Waals surface area contributed by atoms with Crippen LogP contribution in [0.4, 0.5) is 11.4 Å². The van der Waals surface area contributed by atoms with Gasteiger partial charge in [-0.2, -0.15) is 0 Å². The Hall–Kier alpha value is -2.78. The maximum atomic E-state index is 13.2. The Labute approximate surface area is 203 Å². The van der Waals surface area contributed by atoms with Crippen molar-refractivity contribution in [2.24, 2.45) is 0 Å². The summed E-state index contributed by atoms with van der Waals surface area (Å²) in [7, 11) is 1.50. The van der Waals surface area contributed by atoms with Gasteiger partial charge in [0.15, 0.2) is 0 Å². The Balaban J connectivity index is 1.87. The Kier molecular flexibility index (Phi) is 9.18. The summed E-state index contributed by atoms with van der Waals surface area (Å²) in [6.45, 7) is 1.16. The lowest BCUT2D eigenvalue weighted by atomic mass is 10.1. The lowest BCUT2D eigenvalue weighted by Crippen LogP contribution is -2.31. The first-order valence-electron chi connectivity index (χ1n) is 11.8. The van der Waals surface area contributed by atoms with Crippen LogP contribution in [0.3, 0.4) is 0 Å². The first-order chi connectivity index (χ1) is 16.3. The zero-order chi connectivity index (χ0) is 24.6. The minimum atomic E-state index is -3.91. The third-order valence-corrected chi connectivity index (χ3v) is 7.25. The van der Waals surface area contributed by atoms with Crippen LogP contribution in [0, 0.1) is 0 Å². The maximum absolute atomic E-state index is 13.2. The van der Waals surface area contributed by atoms with Gasteiger partial charge in [0.1, 0.15) is 5.75 Å². The lowest BCUT2D eigenvalue weighted by molar-refractivity contribution is 0.0951. The lowest BCUT2D eigenvalue weighted by Gasteiger charge is -2.19. The van der Waals surface area contributed by atoms with Gasteiger partial charge in [-0.25, -0.2) is 8.42 Å². The molecule has 0 heterocycles. The third-order valence-electron chi connectivity index (χ3n) is 5.89. The normalized spacial score (nSPS) is 14.9. The van der Waals surface area contributed by atoms with E-state index >= 15 is 0 Å². The fourth-order valence-electron chi connectivity index (χ4n) is 4.00. The van der Waals surface area contributed by atoms with E-state index in [-0.39, 0.29) is 16.8 Å². The van der Waals surface area contributed by atoms with Crippen LogP contribution in [0.25, 0.3) is 0 Å². The molecule has 8 nitrogen and oxygen atoms in total. The number of hydrogen-bond donors (Lipinski definition) is 3. The number of rotatable bonds is 10. The van der Waals surface area contributed by atoms with Crippen LogP contribution >= 0.6 is 0 Å². The molecule has 1 aliphatic rings. The molecule has 0 radical (unpaired) electrons. The number of likely N-dealkylation sites (N-methyl/N-ethyl adjacent to an activating group) is 1. The second-order valence-corrected chi connectivity index (χ2v) is 10.7. The van der Waals surface area contributed by atoms with Gasteiger partial charge in [-0.1, -0.05) is 25.7 Å². The molecule has 34 heavy (non-hydrogen) atoms. The monoisotopic (exact) mass is 488 g/mol. The molecule has 2 aromatic carbocycles. The molecule has 2 aromatic rings. The number of hydrogen-bond acceptors (Lipinski definition) is 6. The average Bonchev–Trinajstić information content (AvgIpc) is 3.07. The molecule has 3 rings (SSSR count). The summed E-state index contributed by atoms with van der Waals surface area (Å²) >= 11 is 0. The SMILES string of the molecule is COc1ccc(NS(=O)(=O)c2cc(NC3CCCCCC3)cc(C(=O)NCCN(C)C)c2)cc1. The quantitative estimate of drug-likeness (QED) is 0.439. The third kappa shape index (κ3) is 7.63. The zero-order valence-corrected chi connectivity index (χ0v) is 21.1. The van der Waals surface area contributed by atoms with Gasteiger partial charge in [-0.05, 0) is 69.4 Å². The summed E-state index contributed by atoms with van der Waals surface area (Å²) in [5, 5.41) is 6.36. The highest BCUT2D eigenvalue weighted by Gasteiger charge is 2.20. The van der Waals surface area contributed by atoms with Gasteiger partial charge in [-0.15, -0.1) is 0 Å². The number of carbonyl (C=O) groups is 1. The molecule has 1 aliphatic carbocycles. The minimum absolute atomic E-state index is 0.0414. The van der Waals surface area contributed by atoms with E-state index in [1.54, 1.807) is 43.5 Å². The van der Waals surface area contributed by atoms with Gasteiger partial charge >= 0.3 is 0 Å². The van der Waals surface area contributed by atoms with E-state index in [1.165, 1.54) is 18.9 Å². The van der Waals surface area contributed by atoms with Gasteiger partial charge in [0.2, 0.25) is 0 Å². The van der Waals surface area contributed by atoms with Gasteiger partial charge in [0, 0.05) is 36.1 Å². The molecule has 1 saturated carbocycles. The van der Waals surface area contributed by atoms with E-state index in [9.17, 15) is 13.2 Å². The summed E-state index contributed by atoms with van der Waals surface area (Å²) in [5.74, 6) is 0.335. The van der Waals surface area contributed by atoms with Crippen LogP contribution in [-0.2, 0) is 10.0 Å². The standard InChI is InChI=1S/C25H36N4O4S/c1-29(2)15-14-26-25(30)19-16-22(27-20-8-6-4-5-7-9-20)18-24(17-19)34(31,32)28-21-10-12-23(33-3)13-11-21/h10-13,16-18,20,27-28H,4-9,14-15H2,1-3H3,(H,26,30). The number of nitrogens with one attached hydrogen (secondary N) is 3. The molecule has 0 atom stereocenters. The van der Waals surface area contributed by atoms with Gasteiger partial charge in [0.25, 0.3) is 15.9 Å². The minimum Gasteiger partial charge on any atom is -0.497 e. The molecule has 3 N–H and O–H groups in total. The molecular weight excluding hydrogens is 452 g/mol. The first kappa shape index (κ1) is 25.8. The predicted octanol–water partition coefficient (Wildman–Crippen LogP) is 3.92. The number of nitrogens with zero attached hydrogens (tertiary/aromatic N) is 1. The second-order valence-electron chi connectivity index (χ2n) is 8.97. The fourth-order valence-corrected chi connectivity index (χ4v) is 5.12. The number of sulfonamides is 1. The Bertz CT molecular complexity index is 1050. The molecule has 0 spiro atoms. The van der Waals surface area contributed by atoms with E-state index in [2.05, 4.69) is 15.4 Å². The fraction of sp³-hybridized carbons (Fsp3) is 0.480. The van der Waals surface area contributed by atoms with Crippen molar-refractivity contribution in [3.8, 4) is 5.75 Å². The summed E-state index contributed by atoms with van der Waals surface area (Å²) in [6.07, 6.45) is 6.80.